The van der Waals surface area contributed by atoms with Gasteiger partial charge in [-0.15, -0.1) is 0 Å². The summed E-state index contributed by atoms with van der Waals surface area (Å²) in [6.07, 6.45) is 2.85. The van der Waals surface area contributed by atoms with E-state index in [9.17, 15) is 4.79 Å². The molecule has 1 aromatic heterocycles. The van der Waals surface area contributed by atoms with Crippen molar-refractivity contribution in [3.8, 4) is 0 Å². The number of hydrogen-bond donors (Lipinski definition) is 0. The summed E-state index contributed by atoms with van der Waals surface area (Å²) in [5.74, 6) is 0. The molecule has 0 atom stereocenters. The van der Waals surface area contributed by atoms with E-state index in [1.165, 1.54) is 11.1 Å². The number of rotatable bonds is 3. The van der Waals surface area contributed by atoms with Crippen molar-refractivity contribution in [3.05, 3.63) is 17.4 Å². The van der Waals surface area contributed by atoms with Gasteiger partial charge >= 0.3 is 6.09 Å². The quantitative estimate of drug-likeness (QED) is 0.765. The highest BCUT2D eigenvalue weighted by atomic mass is 35.5. The number of carbonyl (C=O) groups is 1. The molecule has 0 spiro atoms. The Hall–Kier alpha value is -1.23. The average molecular weight is 218 g/mol. The Morgan fingerprint density at radius 1 is 1.71 bits per heavy atom. The van der Waals surface area contributed by atoms with Crippen molar-refractivity contribution in [2.45, 2.75) is 6.54 Å². The van der Waals surface area contributed by atoms with Gasteiger partial charge in [0.2, 0.25) is 0 Å². The fourth-order valence-corrected chi connectivity index (χ4v) is 0.973. The molecule has 1 aromatic rings. The van der Waals surface area contributed by atoms with Crippen LogP contribution in [-0.4, -0.2) is 41.5 Å². The fourth-order valence-electron chi connectivity index (χ4n) is 0.816. The topological polar surface area (TPSA) is 47.4 Å². The van der Waals surface area contributed by atoms with E-state index >= 15 is 0 Å². The summed E-state index contributed by atoms with van der Waals surface area (Å²) in [5, 5.41) is 4.51. The van der Waals surface area contributed by atoms with E-state index in [2.05, 4.69) is 5.10 Å². The fraction of sp³-hybridized carbons (Fsp3) is 0.500. The number of ether oxygens (including phenoxy) is 1. The van der Waals surface area contributed by atoms with Gasteiger partial charge in [-0.3, -0.25) is 4.68 Å². The molecule has 0 fully saturated rings. The first-order valence-electron chi connectivity index (χ1n) is 4.11. The third kappa shape index (κ3) is 3.26. The zero-order chi connectivity index (χ0) is 10.6. The Morgan fingerprint density at radius 2 is 2.43 bits per heavy atom. The second kappa shape index (κ2) is 4.85. The maximum absolute atomic E-state index is 11.0. The largest absolute Gasteiger partial charge is 0.447 e. The van der Waals surface area contributed by atoms with Crippen LogP contribution in [0, 0.1) is 0 Å². The van der Waals surface area contributed by atoms with Crippen LogP contribution in [0.3, 0.4) is 0 Å². The maximum Gasteiger partial charge on any atom is 0.409 e. The number of hydrogen-bond acceptors (Lipinski definition) is 3. The van der Waals surface area contributed by atoms with E-state index in [4.69, 9.17) is 16.3 Å². The minimum atomic E-state index is -0.358. The van der Waals surface area contributed by atoms with Crippen molar-refractivity contribution in [3.63, 3.8) is 0 Å². The molecular weight excluding hydrogens is 206 g/mol. The summed E-state index contributed by atoms with van der Waals surface area (Å²) < 4.78 is 6.52. The standard InChI is InChI=1S/C8H12ClN3O2/c1-11(2)8(13)14-4-3-12-6-7(9)5-10-12/h5-6H,3-4H2,1-2H3. The molecule has 0 unspecified atom stereocenters. The van der Waals surface area contributed by atoms with Crippen molar-refractivity contribution < 1.29 is 9.53 Å². The Morgan fingerprint density at radius 3 is 2.93 bits per heavy atom. The van der Waals surface area contributed by atoms with Gasteiger partial charge in [0.1, 0.15) is 6.61 Å². The lowest BCUT2D eigenvalue weighted by molar-refractivity contribution is 0.114. The van der Waals surface area contributed by atoms with Gasteiger partial charge in [-0.2, -0.15) is 5.10 Å². The van der Waals surface area contributed by atoms with Crippen molar-refractivity contribution in [1.29, 1.82) is 0 Å². The first-order valence-corrected chi connectivity index (χ1v) is 4.49. The smallest absolute Gasteiger partial charge is 0.409 e. The molecule has 14 heavy (non-hydrogen) atoms. The summed E-state index contributed by atoms with van der Waals surface area (Å²) in [5.41, 5.74) is 0. The lowest BCUT2D eigenvalue weighted by atomic mass is 10.6. The Labute approximate surface area is 87.2 Å². The van der Waals surface area contributed by atoms with Crippen LogP contribution in [0.4, 0.5) is 4.79 Å². The third-order valence-corrected chi connectivity index (χ3v) is 1.71. The number of halogens is 1. The monoisotopic (exact) mass is 217 g/mol. The molecule has 1 amide bonds. The Kier molecular flexibility index (Phi) is 3.76. The minimum Gasteiger partial charge on any atom is -0.447 e. The van der Waals surface area contributed by atoms with E-state index < -0.39 is 0 Å². The molecule has 0 aliphatic carbocycles. The molecule has 0 N–H and O–H groups in total. The summed E-state index contributed by atoms with van der Waals surface area (Å²) in [6.45, 7) is 0.793. The molecule has 5 nitrogen and oxygen atoms in total. The number of carbonyl (C=O) groups excluding carboxylic acids is 1. The van der Waals surface area contributed by atoms with Gasteiger partial charge in [-0.25, -0.2) is 4.79 Å². The summed E-state index contributed by atoms with van der Waals surface area (Å²) in [7, 11) is 3.26. The molecule has 0 aromatic carbocycles. The second-order valence-electron chi connectivity index (χ2n) is 2.93. The van der Waals surface area contributed by atoms with Crippen molar-refractivity contribution in [1.82, 2.24) is 14.7 Å². The second-order valence-corrected chi connectivity index (χ2v) is 3.37. The van der Waals surface area contributed by atoms with Gasteiger partial charge in [-0.05, 0) is 0 Å². The van der Waals surface area contributed by atoms with E-state index in [1.54, 1.807) is 25.0 Å². The summed E-state index contributed by atoms with van der Waals surface area (Å²) in [4.78, 5) is 12.4. The van der Waals surface area contributed by atoms with E-state index in [1.807, 2.05) is 0 Å². The number of amides is 1. The van der Waals surface area contributed by atoms with Crippen LogP contribution >= 0.6 is 11.6 Å². The van der Waals surface area contributed by atoms with Gasteiger partial charge in [0.15, 0.2) is 0 Å². The summed E-state index contributed by atoms with van der Waals surface area (Å²) >= 11 is 5.65. The first kappa shape index (κ1) is 10.8. The highest BCUT2D eigenvalue weighted by Gasteiger charge is 2.03. The van der Waals surface area contributed by atoms with Gasteiger partial charge in [-0.1, -0.05) is 11.6 Å². The molecule has 78 valence electrons. The van der Waals surface area contributed by atoms with Crippen LogP contribution < -0.4 is 0 Å². The molecule has 0 saturated carbocycles. The number of aromatic nitrogens is 2. The van der Waals surface area contributed by atoms with E-state index in [0.29, 0.717) is 11.6 Å². The minimum absolute atomic E-state index is 0.287. The molecule has 0 radical (unpaired) electrons. The Balaban J connectivity index is 2.25. The van der Waals surface area contributed by atoms with Crippen molar-refractivity contribution >= 4 is 17.7 Å². The summed E-state index contributed by atoms with van der Waals surface area (Å²) in [6, 6.07) is 0. The van der Waals surface area contributed by atoms with Crippen LogP contribution in [0.25, 0.3) is 0 Å². The normalized spacial score (nSPS) is 9.93. The molecule has 0 saturated heterocycles. The zero-order valence-electron chi connectivity index (χ0n) is 8.11. The zero-order valence-corrected chi connectivity index (χ0v) is 8.86. The van der Waals surface area contributed by atoms with E-state index in [0.717, 1.165) is 0 Å². The van der Waals surface area contributed by atoms with Gasteiger partial charge in [0, 0.05) is 20.3 Å². The SMILES string of the molecule is CN(C)C(=O)OCCn1cc(Cl)cn1. The molecule has 1 rings (SSSR count). The Bertz CT molecular complexity index is 311. The molecule has 0 aliphatic heterocycles. The predicted octanol–water partition coefficient (Wildman–Crippen LogP) is 1.23. The van der Waals surface area contributed by atoms with Crippen LogP contribution in [0.2, 0.25) is 5.02 Å². The van der Waals surface area contributed by atoms with Gasteiger partial charge in [0.25, 0.3) is 0 Å². The van der Waals surface area contributed by atoms with Crippen LogP contribution in [0.15, 0.2) is 12.4 Å². The highest BCUT2D eigenvalue weighted by molar-refractivity contribution is 6.30. The van der Waals surface area contributed by atoms with Crippen molar-refractivity contribution in [2.24, 2.45) is 0 Å². The molecule has 1 heterocycles. The lowest BCUT2D eigenvalue weighted by Crippen LogP contribution is -2.24. The van der Waals surface area contributed by atoms with Crippen LogP contribution in [0.1, 0.15) is 0 Å². The average Bonchev–Trinajstić information content (AvgIpc) is 2.51. The molecule has 0 bridgehead atoms. The maximum atomic E-state index is 11.0. The first-order chi connectivity index (χ1) is 6.59. The third-order valence-electron chi connectivity index (χ3n) is 1.51. The van der Waals surface area contributed by atoms with E-state index in [-0.39, 0.29) is 12.7 Å². The number of nitrogens with zero attached hydrogens (tertiary/aromatic N) is 3. The predicted molar refractivity (Wildman–Crippen MR) is 52.3 cm³/mol. The van der Waals surface area contributed by atoms with Crippen LogP contribution in [0.5, 0.6) is 0 Å². The molecule has 0 aliphatic rings. The van der Waals surface area contributed by atoms with Crippen molar-refractivity contribution in [2.75, 3.05) is 20.7 Å². The van der Waals surface area contributed by atoms with Gasteiger partial charge < -0.3 is 9.64 Å². The van der Waals surface area contributed by atoms with Crippen LogP contribution in [-0.2, 0) is 11.3 Å². The highest BCUT2D eigenvalue weighted by Crippen LogP contribution is 2.04. The molecular formula is C8H12ClN3O2. The van der Waals surface area contributed by atoms with Gasteiger partial charge in [0.05, 0.1) is 17.8 Å². The molecule has 6 heteroatoms. The lowest BCUT2D eigenvalue weighted by Gasteiger charge is -2.10.